The topological polar surface area (TPSA) is 70.4 Å². The van der Waals surface area contributed by atoms with Crippen molar-refractivity contribution in [2.24, 2.45) is 12.0 Å². The summed E-state index contributed by atoms with van der Waals surface area (Å²) in [6.45, 7) is 2.12. The number of aromatic nitrogens is 3. The Morgan fingerprint density at radius 3 is 3.08 bits per heavy atom. The fraction of sp³-hybridized carbons (Fsp3) is 0.438. The maximum atomic E-state index is 13.8. The van der Waals surface area contributed by atoms with Gasteiger partial charge >= 0.3 is 0 Å². The van der Waals surface area contributed by atoms with E-state index < -0.39 is 0 Å². The smallest absolute Gasteiger partial charge is 0.191 e. The SMILES string of the molecule is CN=C(NCc1cnn(C)c1)NC1CCN(c2ncccc2F)C1. The lowest BCUT2D eigenvalue weighted by molar-refractivity contribution is 0.612. The summed E-state index contributed by atoms with van der Waals surface area (Å²) >= 11 is 0. The van der Waals surface area contributed by atoms with Crippen molar-refractivity contribution in [1.29, 1.82) is 0 Å². The highest BCUT2D eigenvalue weighted by Gasteiger charge is 2.25. The standard InChI is InChI=1S/C16H22FN7/c1-18-16(20-8-12-9-21-23(2)10-12)22-13-5-7-24(11-13)15-14(17)4-3-6-19-15/h3-4,6,9-10,13H,5,7-8,11H2,1-2H3,(H2,18,20,22). The Bertz CT molecular complexity index is 712. The van der Waals surface area contributed by atoms with Crippen LogP contribution in [0.3, 0.4) is 0 Å². The first-order valence-corrected chi connectivity index (χ1v) is 7.96. The zero-order valence-corrected chi connectivity index (χ0v) is 13.9. The van der Waals surface area contributed by atoms with Gasteiger partial charge in [-0.05, 0) is 18.6 Å². The van der Waals surface area contributed by atoms with Crippen LogP contribution in [0, 0.1) is 5.82 Å². The average Bonchev–Trinajstić information content (AvgIpc) is 3.21. The van der Waals surface area contributed by atoms with Gasteiger partial charge in [0.05, 0.1) is 6.20 Å². The first-order valence-electron chi connectivity index (χ1n) is 7.96. The number of hydrogen-bond acceptors (Lipinski definition) is 4. The molecule has 2 aromatic heterocycles. The second-order valence-corrected chi connectivity index (χ2v) is 5.83. The zero-order chi connectivity index (χ0) is 16.9. The molecule has 0 radical (unpaired) electrons. The van der Waals surface area contributed by atoms with Crippen molar-refractivity contribution in [2.45, 2.75) is 19.0 Å². The maximum Gasteiger partial charge on any atom is 0.191 e. The van der Waals surface area contributed by atoms with Gasteiger partial charge in [0.1, 0.15) is 0 Å². The van der Waals surface area contributed by atoms with Crippen molar-refractivity contribution in [3.63, 3.8) is 0 Å². The van der Waals surface area contributed by atoms with Crippen molar-refractivity contribution < 1.29 is 4.39 Å². The highest BCUT2D eigenvalue weighted by atomic mass is 19.1. The lowest BCUT2D eigenvalue weighted by atomic mass is 10.3. The lowest BCUT2D eigenvalue weighted by Gasteiger charge is -2.19. The minimum atomic E-state index is -0.280. The summed E-state index contributed by atoms with van der Waals surface area (Å²) in [5.74, 6) is 0.865. The van der Waals surface area contributed by atoms with Gasteiger partial charge in [0, 0.05) is 57.7 Å². The van der Waals surface area contributed by atoms with Crippen LogP contribution in [0.4, 0.5) is 10.2 Å². The number of nitrogens with zero attached hydrogens (tertiary/aromatic N) is 5. The Hall–Kier alpha value is -2.64. The number of pyridine rings is 1. The number of anilines is 1. The van der Waals surface area contributed by atoms with Crippen LogP contribution < -0.4 is 15.5 Å². The van der Waals surface area contributed by atoms with Crippen molar-refractivity contribution in [3.8, 4) is 0 Å². The minimum Gasteiger partial charge on any atom is -0.352 e. The van der Waals surface area contributed by atoms with Gasteiger partial charge in [-0.2, -0.15) is 5.10 Å². The second-order valence-electron chi connectivity index (χ2n) is 5.83. The average molecular weight is 331 g/mol. The Balaban J connectivity index is 1.53. The van der Waals surface area contributed by atoms with E-state index in [1.54, 1.807) is 24.0 Å². The van der Waals surface area contributed by atoms with Gasteiger partial charge in [-0.15, -0.1) is 0 Å². The predicted octanol–water partition coefficient (Wildman–Crippen LogP) is 0.898. The summed E-state index contributed by atoms with van der Waals surface area (Å²) in [6, 6.07) is 3.25. The van der Waals surface area contributed by atoms with E-state index in [9.17, 15) is 4.39 Å². The number of nitrogens with one attached hydrogen (secondary N) is 2. The molecule has 8 heteroatoms. The highest BCUT2D eigenvalue weighted by molar-refractivity contribution is 5.80. The Morgan fingerprint density at radius 2 is 2.38 bits per heavy atom. The summed E-state index contributed by atoms with van der Waals surface area (Å²) in [5.41, 5.74) is 1.09. The monoisotopic (exact) mass is 331 g/mol. The van der Waals surface area contributed by atoms with Crippen molar-refractivity contribution in [3.05, 3.63) is 42.1 Å². The fourth-order valence-corrected chi connectivity index (χ4v) is 2.82. The van der Waals surface area contributed by atoms with Gasteiger partial charge in [-0.25, -0.2) is 9.37 Å². The molecule has 1 aliphatic rings. The molecule has 1 aliphatic heterocycles. The van der Waals surface area contributed by atoms with Gasteiger partial charge in [-0.1, -0.05) is 0 Å². The van der Waals surface area contributed by atoms with E-state index in [0.717, 1.165) is 24.5 Å². The van der Waals surface area contributed by atoms with Gasteiger partial charge < -0.3 is 15.5 Å². The molecule has 0 saturated carbocycles. The van der Waals surface area contributed by atoms with E-state index in [4.69, 9.17) is 0 Å². The van der Waals surface area contributed by atoms with E-state index >= 15 is 0 Å². The molecule has 2 aromatic rings. The van der Waals surface area contributed by atoms with E-state index in [0.29, 0.717) is 18.9 Å². The second kappa shape index (κ2) is 7.29. The largest absolute Gasteiger partial charge is 0.352 e. The minimum absolute atomic E-state index is 0.200. The first kappa shape index (κ1) is 16.2. The summed E-state index contributed by atoms with van der Waals surface area (Å²) in [7, 11) is 3.63. The van der Waals surface area contributed by atoms with Crippen LogP contribution >= 0.6 is 0 Å². The van der Waals surface area contributed by atoms with Crippen molar-refractivity contribution in [2.75, 3.05) is 25.0 Å². The van der Waals surface area contributed by atoms with E-state index in [-0.39, 0.29) is 11.9 Å². The molecule has 3 rings (SSSR count). The molecule has 0 aliphatic carbocycles. The summed E-state index contributed by atoms with van der Waals surface area (Å²) in [6.07, 6.45) is 6.31. The third-order valence-corrected chi connectivity index (χ3v) is 4.01. The molecule has 3 heterocycles. The normalized spacial score (nSPS) is 18.0. The third-order valence-electron chi connectivity index (χ3n) is 4.01. The van der Waals surface area contributed by atoms with Crippen molar-refractivity contribution >= 4 is 11.8 Å². The van der Waals surface area contributed by atoms with Gasteiger partial charge in [0.2, 0.25) is 0 Å². The van der Waals surface area contributed by atoms with Gasteiger partial charge in [-0.3, -0.25) is 9.67 Å². The Morgan fingerprint density at radius 1 is 1.50 bits per heavy atom. The number of guanidine groups is 1. The van der Waals surface area contributed by atoms with E-state index in [1.165, 1.54) is 6.07 Å². The Labute approximate surface area is 140 Å². The quantitative estimate of drug-likeness (QED) is 0.643. The molecular weight excluding hydrogens is 309 g/mol. The lowest BCUT2D eigenvalue weighted by Crippen LogP contribution is -2.44. The molecule has 24 heavy (non-hydrogen) atoms. The number of hydrogen-bond donors (Lipinski definition) is 2. The van der Waals surface area contributed by atoms with Crippen molar-refractivity contribution in [1.82, 2.24) is 25.4 Å². The molecule has 2 N–H and O–H groups in total. The Kier molecular flexibility index (Phi) is 4.93. The third kappa shape index (κ3) is 3.81. The molecule has 128 valence electrons. The van der Waals surface area contributed by atoms with Crippen LogP contribution in [0.1, 0.15) is 12.0 Å². The maximum absolute atomic E-state index is 13.8. The van der Waals surface area contributed by atoms with E-state index in [1.807, 2.05) is 24.3 Å². The zero-order valence-electron chi connectivity index (χ0n) is 13.9. The molecule has 0 amide bonds. The number of halogens is 1. The predicted molar refractivity (Wildman–Crippen MR) is 91.4 cm³/mol. The van der Waals surface area contributed by atoms with Crippen LogP contribution in [0.15, 0.2) is 35.7 Å². The number of rotatable bonds is 4. The van der Waals surface area contributed by atoms with Crippen LogP contribution in [0.25, 0.3) is 0 Å². The molecule has 1 fully saturated rings. The molecule has 1 atom stereocenters. The number of aryl methyl sites for hydroxylation is 1. The fourth-order valence-electron chi connectivity index (χ4n) is 2.82. The molecule has 0 bridgehead atoms. The van der Waals surface area contributed by atoms with Gasteiger partial charge in [0.15, 0.2) is 17.6 Å². The molecular formula is C16H22FN7. The molecule has 0 aromatic carbocycles. The van der Waals surface area contributed by atoms with Crippen LogP contribution in [0.5, 0.6) is 0 Å². The van der Waals surface area contributed by atoms with Crippen LogP contribution in [-0.4, -0.2) is 46.9 Å². The number of aliphatic imine (C=N–C) groups is 1. The summed E-state index contributed by atoms with van der Waals surface area (Å²) in [4.78, 5) is 10.3. The molecule has 1 saturated heterocycles. The van der Waals surface area contributed by atoms with E-state index in [2.05, 4.69) is 25.7 Å². The molecule has 1 unspecified atom stereocenters. The highest BCUT2D eigenvalue weighted by Crippen LogP contribution is 2.20. The van der Waals surface area contributed by atoms with Crippen LogP contribution in [0.2, 0.25) is 0 Å². The summed E-state index contributed by atoms with van der Waals surface area (Å²) in [5, 5.41) is 10.8. The molecule has 7 nitrogen and oxygen atoms in total. The summed E-state index contributed by atoms with van der Waals surface area (Å²) < 4.78 is 15.6. The van der Waals surface area contributed by atoms with Gasteiger partial charge in [0.25, 0.3) is 0 Å². The first-order chi connectivity index (χ1) is 11.7. The van der Waals surface area contributed by atoms with Crippen LogP contribution in [-0.2, 0) is 13.6 Å². The molecule has 0 spiro atoms.